The number of nitrogens with two attached hydrogens (primary N) is 2. The van der Waals surface area contributed by atoms with E-state index in [0.29, 0.717) is 16.2 Å². The molecule has 23 heavy (non-hydrogen) atoms. The van der Waals surface area contributed by atoms with E-state index in [1.165, 1.54) is 11.3 Å². The van der Waals surface area contributed by atoms with Gasteiger partial charge in [0.25, 0.3) is 5.91 Å². The first-order valence-corrected chi connectivity index (χ1v) is 7.76. The van der Waals surface area contributed by atoms with Gasteiger partial charge in [-0.25, -0.2) is 0 Å². The summed E-state index contributed by atoms with van der Waals surface area (Å²) < 4.78 is 6.82. The maximum Gasteiger partial charge on any atom is 0.263 e. The molecule has 0 saturated carbocycles. The number of primary amides is 1. The zero-order chi connectivity index (χ0) is 16.4. The Hall–Kier alpha value is -2.86. The Balaban J connectivity index is 2.02. The van der Waals surface area contributed by atoms with Gasteiger partial charge in [-0.05, 0) is 18.2 Å². The Morgan fingerprint density at radius 1 is 1.09 bits per heavy atom. The number of ether oxygens (including phenoxy) is 1. The summed E-state index contributed by atoms with van der Waals surface area (Å²) in [6.07, 6.45) is -0.873. The molecule has 0 radical (unpaired) electrons. The number of benzene rings is 2. The predicted molar refractivity (Wildman–Crippen MR) is 91.8 cm³/mol. The largest absolute Gasteiger partial charge is 0.475 e. The van der Waals surface area contributed by atoms with Crippen molar-refractivity contribution in [2.24, 2.45) is 11.5 Å². The molecule has 0 bridgehead atoms. The van der Waals surface area contributed by atoms with Crippen molar-refractivity contribution in [2.45, 2.75) is 6.10 Å². The van der Waals surface area contributed by atoms with Gasteiger partial charge in [0.05, 0.1) is 4.88 Å². The maximum atomic E-state index is 11.8. The first kappa shape index (κ1) is 15.1. The minimum Gasteiger partial charge on any atom is -0.475 e. The van der Waals surface area contributed by atoms with E-state index in [-0.39, 0.29) is 5.84 Å². The molecular formula is C17H15N3O2S. The number of rotatable bonds is 5. The van der Waals surface area contributed by atoms with Gasteiger partial charge in [0.2, 0.25) is 6.10 Å². The zero-order valence-corrected chi connectivity index (χ0v) is 13.0. The number of nitrogens with one attached hydrogen (secondary N) is 1. The van der Waals surface area contributed by atoms with Crippen molar-refractivity contribution in [1.29, 1.82) is 5.41 Å². The van der Waals surface area contributed by atoms with Gasteiger partial charge in [-0.1, -0.05) is 36.4 Å². The molecule has 3 aromatic rings. The second-order valence-corrected chi connectivity index (χ2v) is 6.09. The summed E-state index contributed by atoms with van der Waals surface area (Å²) in [6.45, 7) is 0. The molecule has 0 spiro atoms. The monoisotopic (exact) mass is 325 g/mol. The number of amides is 1. The van der Waals surface area contributed by atoms with Gasteiger partial charge in [0.1, 0.15) is 11.6 Å². The Labute approximate surface area is 137 Å². The average molecular weight is 325 g/mol. The van der Waals surface area contributed by atoms with Crippen molar-refractivity contribution in [3.05, 3.63) is 65.0 Å². The highest BCUT2D eigenvalue weighted by molar-refractivity contribution is 7.20. The van der Waals surface area contributed by atoms with E-state index >= 15 is 0 Å². The third-order valence-corrected chi connectivity index (χ3v) is 4.53. The summed E-state index contributed by atoms with van der Waals surface area (Å²) in [5.74, 6) is -0.0132. The molecule has 0 aliphatic heterocycles. The van der Waals surface area contributed by atoms with Crippen LogP contribution in [0.15, 0.2) is 54.6 Å². The molecule has 0 aliphatic carbocycles. The van der Waals surface area contributed by atoms with Gasteiger partial charge in [-0.3, -0.25) is 10.2 Å². The van der Waals surface area contributed by atoms with Crippen molar-refractivity contribution in [2.75, 3.05) is 0 Å². The molecule has 2 aromatic carbocycles. The Morgan fingerprint density at radius 2 is 1.83 bits per heavy atom. The van der Waals surface area contributed by atoms with E-state index in [9.17, 15) is 4.79 Å². The van der Waals surface area contributed by atoms with Crippen LogP contribution in [0.5, 0.6) is 5.75 Å². The van der Waals surface area contributed by atoms with Gasteiger partial charge >= 0.3 is 0 Å². The molecule has 1 heterocycles. The summed E-state index contributed by atoms with van der Waals surface area (Å²) >= 11 is 1.41. The van der Waals surface area contributed by atoms with Gasteiger partial charge in [-0.2, -0.15) is 0 Å². The Kier molecular flexibility index (Phi) is 3.99. The van der Waals surface area contributed by atoms with E-state index in [2.05, 4.69) is 0 Å². The highest BCUT2D eigenvalue weighted by atomic mass is 32.1. The molecular weight excluding hydrogens is 310 g/mol. The summed E-state index contributed by atoms with van der Waals surface area (Å²) in [6, 6.07) is 16.4. The van der Waals surface area contributed by atoms with Crippen LogP contribution >= 0.6 is 11.3 Å². The van der Waals surface area contributed by atoms with E-state index in [1.54, 1.807) is 24.3 Å². The quantitative estimate of drug-likeness (QED) is 0.496. The number of carbonyl (C=O) groups is 1. The molecule has 0 fully saturated rings. The number of hydrogen-bond donors (Lipinski definition) is 3. The van der Waals surface area contributed by atoms with E-state index in [4.69, 9.17) is 21.6 Å². The number of hydrogen-bond acceptors (Lipinski definition) is 4. The van der Waals surface area contributed by atoms with Gasteiger partial charge in [-0.15, -0.1) is 11.3 Å². The van der Waals surface area contributed by atoms with E-state index < -0.39 is 12.0 Å². The molecule has 3 rings (SSSR count). The number of fused-ring (bicyclic) bond motifs is 1. The molecule has 5 N–H and O–H groups in total. The summed E-state index contributed by atoms with van der Waals surface area (Å²) in [5.41, 5.74) is 11.7. The first-order chi connectivity index (χ1) is 11.1. The fourth-order valence-electron chi connectivity index (χ4n) is 2.31. The van der Waals surface area contributed by atoms with Crippen molar-refractivity contribution < 1.29 is 9.53 Å². The Bertz CT molecular complexity index is 874. The number of nitrogen functional groups attached to an aromatic ring is 1. The molecule has 1 atom stereocenters. The lowest BCUT2D eigenvalue weighted by atomic mass is 10.1. The molecule has 1 aromatic heterocycles. The third-order valence-electron chi connectivity index (χ3n) is 3.39. The van der Waals surface area contributed by atoms with Crippen LogP contribution in [-0.2, 0) is 4.79 Å². The van der Waals surface area contributed by atoms with Crippen LogP contribution in [0.4, 0.5) is 0 Å². The number of amidine groups is 1. The zero-order valence-electron chi connectivity index (χ0n) is 12.2. The van der Waals surface area contributed by atoms with Crippen LogP contribution < -0.4 is 16.2 Å². The molecule has 6 heteroatoms. The predicted octanol–water partition coefficient (Wildman–Crippen LogP) is 2.79. The van der Waals surface area contributed by atoms with E-state index in [1.807, 2.05) is 30.3 Å². The molecule has 1 amide bonds. The van der Waals surface area contributed by atoms with Crippen LogP contribution in [-0.4, -0.2) is 11.7 Å². The van der Waals surface area contributed by atoms with Crippen molar-refractivity contribution >= 4 is 33.2 Å². The molecule has 116 valence electrons. The second kappa shape index (κ2) is 6.10. The fraction of sp³-hybridized carbons (Fsp3) is 0.0588. The minimum atomic E-state index is -0.873. The molecule has 0 aliphatic rings. The molecule has 5 nitrogen and oxygen atoms in total. The third kappa shape index (κ3) is 3.02. The van der Waals surface area contributed by atoms with Crippen LogP contribution in [0.2, 0.25) is 0 Å². The van der Waals surface area contributed by atoms with Gasteiger partial charge in [0.15, 0.2) is 0 Å². The lowest BCUT2D eigenvalue weighted by molar-refractivity contribution is -0.124. The lowest BCUT2D eigenvalue weighted by Crippen LogP contribution is -2.26. The summed E-state index contributed by atoms with van der Waals surface area (Å²) in [7, 11) is 0. The standard InChI is InChI=1S/C17H15N3O2S/c18-16(19)14-9-11-12(7-4-8-13(11)23-14)22-15(17(20)21)10-5-2-1-3-6-10/h1-9,15H,(H3,18,19)(H2,20,21). The van der Waals surface area contributed by atoms with Crippen molar-refractivity contribution in [1.82, 2.24) is 0 Å². The van der Waals surface area contributed by atoms with E-state index in [0.717, 1.165) is 10.1 Å². The van der Waals surface area contributed by atoms with Crippen molar-refractivity contribution in [3.8, 4) is 5.75 Å². The fourth-order valence-corrected chi connectivity index (χ4v) is 3.25. The number of thiophene rings is 1. The Morgan fingerprint density at radius 3 is 2.48 bits per heavy atom. The topological polar surface area (TPSA) is 102 Å². The second-order valence-electron chi connectivity index (χ2n) is 5.00. The van der Waals surface area contributed by atoms with Gasteiger partial charge < -0.3 is 16.2 Å². The molecule has 1 unspecified atom stereocenters. The normalized spacial score (nSPS) is 12.0. The van der Waals surface area contributed by atoms with Crippen LogP contribution in [0.1, 0.15) is 16.5 Å². The maximum absolute atomic E-state index is 11.8. The minimum absolute atomic E-state index is 0.00617. The average Bonchev–Trinajstić information content (AvgIpc) is 2.98. The number of carbonyl (C=O) groups excluding carboxylic acids is 1. The molecule has 0 saturated heterocycles. The highest BCUT2D eigenvalue weighted by Crippen LogP contribution is 2.34. The lowest BCUT2D eigenvalue weighted by Gasteiger charge is -2.17. The first-order valence-electron chi connectivity index (χ1n) is 6.94. The van der Waals surface area contributed by atoms with Gasteiger partial charge in [0, 0.05) is 15.6 Å². The van der Waals surface area contributed by atoms with Crippen LogP contribution in [0.3, 0.4) is 0 Å². The smallest absolute Gasteiger partial charge is 0.263 e. The highest BCUT2D eigenvalue weighted by Gasteiger charge is 2.21. The van der Waals surface area contributed by atoms with Crippen LogP contribution in [0, 0.1) is 5.41 Å². The summed E-state index contributed by atoms with van der Waals surface area (Å²) in [5, 5.41) is 8.37. The summed E-state index contributed by atoms with van der Waals surface area (Å²) in [4.78, 5) is 12.5. The van der Waals surface area contributed by atoms with Crippen LogP contribution in [0.25, 0.3) is 10.1 Å². The SMILES string of the molecule is N=C(N)c1cc2c(OC(C(N)=O)c3ccccc3)cccc2s1. The van der Waals surface area contributed by atoms with Crippen molar-refractivity contribution in [3.63, 3.8) is 0 Å².